The van der Waals surface area contributed by atoms with E-state index in [0.717, 1.165) is 52.6 Å². The summed E-state index contributed by atoms with van der Waals surface area (Å²) in [7, 11) is 0. The Morgan fingerprint density at radius 1 is 1.15 bits per heavy atom. The fourth-order valence-electron chi connectivity index (χ4n) is 3.61. The number of fused-ring (bicyclic) bond motifs is 3. The van der Waals surface area contributed by atoms with Crippen LogP contribution >= 0.6 is 34.5 Å². The second kappa shape index (κ2) is 7.03. The molecule has 3 N–H and O–H groups in total. The Labute approximate surface area is 166 Å². The first-order valence-corrected chi connectivity index (χ1v) is 10.2. The molecule has 0 radical (unpaired) electrons. The van der Waals surface area contributed by atoms with E-state index in [1.54, 1.807) is 23.5 Å². The summed E-state index contributed by atoms with van der Waals surface area (Å²) in [6.07, 6.45) is 6.58. The number of anilines is 2. The van der Waals surface area contributed by atoms with Gasteiger partial charge in [0, 0.05) is 24.2 Å². The Morgan fingerprint density at radius 2 is 1.88 bits per heavy atom. The van der Waals surface area contributed by atoms with Gasteiger partial charge in [0.2, 0.25) is 0 Å². The van der Waals surface area contributed by atoms with Crippen molar-refractivity contribution >= 4 is 50.6 Å². The van der Waals surface area contributed by atoms with Crippen LogP contribution in [0.15, 0.2) is 18.0 Å². The maximum Gasteiger partial charge on any atom is 0.112 e. The van der Waals surface area contributed by atoms with E-state index in [0.29, 0.717) is 21.4 Å². The maximum atomic E-state index is 9.97. The van der Waals surface area contributed by atoms with E-state index >= 15 is 0 Å². The summed E-state index contributed by atoms with van der Waals surface area (Å²) < 4.78 is 0. The summed E-state index contributed by atoms with van der Waals surface area (Å²) in [6, 6.07) is 6.11. The molecule has 2 aliphatic rings. The third-order valence-electron chi connectivity index (χ3n) is 4.85. The number of hydrogen-bond acceptors (Lipinski definition) is 5. The molecule has 134 valence electrons. The number of nitriles is 1. The highest BCUT2D eigenvalue weighted by molar-refractivity contribution is 7.21. The van der Waals surface area contributed by atoms with Crippen LogP contribution in [0.5, 0.6) is 0 Å². The fraction of sp³-hybridized carbons (Fsp3) is 0.316. The summed E-state index contributed by atoms with van der Waals surface area (Å²) in [5, 5.41) is 16.0. The lowest BCUT2D eigenvalue weighted by molar-refractivity contribution is 0.726. The van der Waals surface area contributed by atoms with Crippen LogP contribution in [0.2, 0.25) is 10.0 Å². The van der Waals surface area contributed by atoms with Crippen molar-refractivity contribution in [2.45, 2.75) is 25.7 Å². The van der Waals surface area contributed by atoms with Gasteiger partial charge < -0.3 is 16.0 Å². The van der Waals surface area contributed by atoms with E-state index in [1.165, 1.54) is 12.8 Å². The molecule has 4 nitrogen and oxygen atoms in total. The van der Waals surface area contributed by atoms with Gasteiger partial charge in [-0.15, -0.1) is 0 Å². The number of nitrogens with zero attached hydrogens (tertiary/aromatic N) is 2. The molecule has 0 amide bonds. The molecule has 0 spiro atoms. The molecule has 1 aromatic heterocycles. The number of nitrogens with one attached hydrogen (secondary N) is 1. The molecule has 1 aromatic carbocycles. The van der Waals surface area contributed by atoms with E-state index < -0.39 is 0 Å². The Hall–Kier alpha value is -1.87. The molecule has 4 rings (SSSR count). The van der Waals surface area contributed by atoms with Crippen molar-refractivity contribution in [3.05, 3.63) is 39.1 Å². The van der Waals surface area contributed by atoms with Crippen molar-refractivity contribution in [3.63, 3.8) is 0 Å². The first-order valence-electron chi connectivity index (χ1n) is 8.64. The third-order valence-corrected chi connectivity index (χ3v) is 6.84. The predicted molar refractivity (Wildman–Crippen MR) is 111 cm³/mol. The number of halogens is 2. The van der Waals surface area contributed by atoms with Crippen LogP contribution in [0.1, 0.15) is 36.8 Å². The van der Waals surface area contributed by atoms with Crippen molar-refractivity contribution in [2.24, 2.45) is 5.73 Å². The van der Waals surface area contributed by atoms with Gasteiger partial charge in [0.25, 0.3) is 0 Å². The zero-order valence-corrected chi connectivity index (χ0v) is 16.4. The van der Waals surface area contributed by atoms with Crippen molar-refractivity contribution in [1.29, 1.82) is 5.26 Å². The highest BCUT2D eigenvalue weighted by Crippen LogP contribution is 2.50. The molecule has 3 heterocycles. The second-order valence-corrected chi connectivity index (χ2v) is 8.33. The van der Waals surface area contributed by atoms with Gasteiger partial charge in [-0.05, 0) is 30.5 Å². The van der Waals surface area contributed by atoms with Crippen LogP contribution < -0.4 is 16.0 Å². The van der Waals surface area contributed by atoms with Gasteiger partial charge in [-0.1, -0.05) is 53.4 Å². The van der Waals surface area contributed by atoms with Gasteiger partial charge in [-0.25, -0.2) is 0 Å². The minimum Gasteiger partial charge on any atom is -0.385 e. The largest absolute Gasteiger partial charge is 0.385 e. The van der Waals surface area contributed by atoms with E-state index in [-0.39, 0.29) is 0 Å². The summed E-state index contributed by atoms with van der Waals surface area (Å²) in [4.78, 5) is 2.34. The second-order valence-electron chi connectivity index (χ2n) is 6.55. The summed E-state index contributed by atoms with van der Waals surface area (Å²) in [6.45, 7) is 1.96. The quantitative estimate of drug-likeness (QED) is 0.643. The number of hydrogen-bond donors (Lipinski definition) is 2. The van der Waals surface area contributed by atoms with Crippen molar-refractivity contribution < 1.29 is 0 Å². The zero-order chi connectivity index (χ0) is 18.3. The standard InChI is InChI=1S/C19H18Cl2N4S/c20-14-6-5-11-12(17(14)21)9-15(23)24-18-16(11)13(10-22)19(26-18)25-7-3-1-2-4-8-25/h5-6,9,24H,1-4,7-8,23H2. The molecule has 0 bridgehead atoms. The van der Waals surface area contributed by atoms with Crippen LogP contribution in [-0.2, 0) is 0 Å². The fourth-order valence-corrected chi connectivity index (χ4v) is 5.23. The zero-order valence-electron chi connectivity index (χ0n) is 14.1. The number of thiophene rings is 1. The normalized spacial score (nSPS) is 16.5. The van der Waals surface area contributed by atoms with Crippen molar-refractivity contribution in [1.82, 2.24) is 0 Å². The van der Waals surface area contributed by atoms with E-state index in [9.17, 15) is 5.26 Å². The summed E-state index contributed by atoms with van der Waals surface area (Å²) in [5.41, 5.74) is 9.33. The lowest BCUT2D eigenvalue weighted by atomic mass is 9.98. The van der Waals surface area contributed by atoms with Crippen LogP contribution in [0.3, 0.4) is 0 Å². The van der Waals surface area contributed by atoms with Crippen LogP contribution in [0, 0.1) is 11.3 Å². The lowest BCUT2D eigenvalue weighted by Crippen LogP contribution is -2.23. The van der Waals surface area contributed by atoms with Crippen molar-refractivity contribution in [3.8, 4) is 17.2 Å². The van der Waals surface area contributed by atoms with Crippen LogP contribution in [0.4, 0.5) is 10.0 Å². The SMILES string of the molecule is N#Cc1c(N2CCCCCC2)sc2c1-c1ccc(Cl)c(Cl)c1C=C(N)N2. The molecule has 0 atom stereocenters. The van der Waals surface area contributed by atoms with E-state index in [1.807, 2.05) is 6.07 Å². The Morgan fingerprint density at radius 3 is 2.58 bits per heavy atom. The minimum absolute atomic E-state index is 0.452. The molecule has 26 heavy (non-hydrogen) atoms. The average molecular weight is 405 g/mol. The molecule has 2 aromatic rings. The Kier molecular flexibility index (Phi) is 4.74. The topological polar surface area (TPSA) is 65.1 Å². The van der Waals surface area contributed by atoms with E-state index in [4.69, 9.17) is 28.9 Å². The van der Waals surface area contributed by atoms with Gasteiger partial charge in [0.05, 0.1) is 15.6 Å². The number of nitrogens with two attached hydrogens (primary N) is 1. The molecule has 7 heteroatoms. The van der Waals surface area contributed by atoms with Gasteiger partial charge >= 0.3 is 0 Å². The molecule has 2 aliphatic heterocycles. The van der Waals surface area contributed by atoms with Crippen molar-refractivity contribution in [2.75, 3.05) is 23.3 Å². The monoisotopic (exact) mass is 404 g/mol. The molecule has 0 aliphatic carbocycles. The smallest absolute Gasteiger partial charge is 0.112 e. The van der Waals surface area contributed by atoms with E-state index in [2.05, 4.69) is 16.3 Å². The highest BCUT2D eigenvalue weighted by atomic mass is 35.5. The van der Waals surface area contributed by atoms with Gasteiger partial charge in [-0.2, -0.15) is 5.26 Å². The first-order chi connectivity index (χ1) is 12.6. The maximum absolute atomic E-state index is 9.97. The average Bonchev–Trinajstić information content (AvgIpc) is 2.79. The Bertz CT molecular complexity index is 934. The molecular formula is C19H18Cl2N4S. The third kappa shape index (κ3) is 2.92. The predicted octanol–water partition coefficient (Wildman–Crippen LogP) is 5.66. The Balaban J connectivity index is 1.93. The highest BCUT2D eigenvalue weighted by Gasteiger charge is 2.28. The summed E-state index contributed by atoms with van der Waals surface area (Å²) >= 11 is 14.2. The van der Waals surface area contributed by atoms with Crippen LogP contribution in [-0.4, -0.2) is 13.1 Å². The van der Waals surface area contributed by atoms with Crippen LogP contribution in [0.25, 0.3) is 17.2 Å². The number of rotatable bonds is 1. The van der Waals surface area contributed by atoms with Gasteiger partial charge in [0.1, 0.15) is 21.9 Å². The first kappa shape index (κ1) is 17.5. The molecular weight excluding hydrogens is 387 g/mol. The number of benzene rings is 1. The minimum atomic E-state index is 0.452. The summed E-state index contributed by atoms with van der Waals surface area (Å²) in [5.74, 6) is 0.488. The molecule has 1 saturated heterocycles. The molecule has 1 fully saturated rings. The lowest BCUT2D eigenvalue weighted by Gasteiger charge is -2.21. The van der Waals surface area contributed by atoms with Gasteiger partial charge in [-0.3, -0.25) is 0 Å². The molecule has 0 unspecified atom stereocenters. The molecule has 0 saturated carbocycles. The van der Waals surface area contributed by atoms with Gasteiger partial charge in [0.15, 0.2) is 0 Å².